The average molecular weight is 388 g/mol. The number of hydrogen-bond acceptors (Lipinski definition) is 6. The second-order valence-corrected chi connectivity index (χ2v) is 8.52. The summed E-state index contributed by atoms with van der Waals surface area (Å²) in [6, 6.07) is -1.13. The maximum Gasteiger partial charge on any atom is 0.326 e. The number of hydrogen-bond donors (Lipinski definition) is 2. The van der Waals surface area contributed by atoms with Crippen LogP contribution < -0.4 is 5.32 Å². The number of likely N-dealkylation sites (tertiary alicyclic amines) is 1. The quantitative estimate of drug-likeness (QED) is 0.832. The number of urea groups is 1. The van der Waals surface area contributed by atoms with Crippen molar-refractivity contribution in [2.75, 3.05) is 11.9 Å². The molecule has 0 spiro atoms. The second-order valence-electron chi connectivity index (χ2n) is 7.41. The Labute approximate surface area is 159 Å². The fourth-order valence-electron chi connectivity index (χ4n) is 4.00. The molecule has 0 bridgehead atoms. The summed E-state index contributed by atoms with van der Waals surface area (Å²) in [4.78, 5) is 31.4. The van der Waals surface area contributed by atoms with E-state index >= 15 is 0 Å². The van der Waals surface area contributed by atoms with Crippen molar-refractivity contribution in [2.45, 2.75) is 56.9 Å². The van der Waals surface area contributed by atoms with Crippen LogP contribution in [0.2, 0.25) is 0 Å². The maximum absolute atomic E-state index is 12.8. The van der Waals surface area contributed by atoms with Gasteiger partial charge in [0.1, 0.15) is 11.0 Å². The number of anilines is 1. The van der Waals surface area contributed by atoms with Gasteiger partial charge in [-0.15, -0.1) is 11.3 Å². The van der Waals surface area contributed by atoms with Gasteiger partial charge in [-0.05, 0) is 50.5 Å². The molecule has 2 aromatic heterocycles. The molecule has 0 radical (unpaired) electrons. The third kappa shape index (κ3) is 2.90. The highest BCUT2D eigenvalue weighted by molar-refractivity contribution is 7.17. The molecule has 1 atom stereocenters. The average Bonchev–Trinajstić information content (AvgIpc) is 3.05. The van der Waals surface area contributed by atoms with E-state index in [1.807, 2.05) is 0 Å². The summed E-state index contributed by atoms with van der Waals surface area (Å²) in [6.07, 6.45) is 6.37. The smallest absolute Gasteiger partial charge is 0.326 e. The Morgan fingerprint density at radius 2 is 2.07 bits per heavy atom. The first-order chi connectivity index (χ1) is 13.1. The minimum absolute atomic E-state index is 0.372. The normalized spacial score (nSPS) is 21.5. The van der Waals surface area contributed by atoms with E-state index < -0.39 is 12.0 Å². The molecule has 2 fully saturated rings. The molecular weight excluding hydrogens is 368 g/mol. The van der Waals surface area contributed by atoms with E-state index in [9.17, 15) is 14.7 Å². The van der Waals surface area contributed by atoms with E-state index in [0.29, 0.717) is 36.2 Å². The number of carboxylic acids is 1. The molecule has 3 aliphatic rings. The zero-order chi connectivity index (χ0) is 18.5. The molecule has 2 amide bonds. The van der Waals surface area contributed by atoms with Crippen LogP contribution in [0.4, 0.5) is 9.80 Å². The summed E-state index contributed by atoms with van der Waals surface area (Å²) < 4.78 is 5.53. The van der Waals surface area contributed by atoms with Gasteiger partial charge in [-0.2, -0.15) is 4.98 Å². The van der Waals surface area contributed by atoms with Crippen molar-refractivity contribution in [2.24, 2.45) is 0 Å². The molecule has 3 heterocycles. The zero-order valence-corrected chi connectivity index (χ0v) is 15.5. The number of aryl methyl sites for hydroxylation is 1. The number of aromatic nitrogens is 2. The Bertz CT molecular complexity index is 917. The van der Waals surface area contributed by atoms with Crippen molar-refractivity contribution in [1.29, 1.82) is 0 Å². The lowest BCUT2D eigenvalue weighted by molar-refractivity contribution is -0.141. The van der Waals surface area contributed by atoms with Gasteiger partial charge in [0.05, 0.1) is 5.56 Å². The number of rotatable bonds is 4. The molecule has 5 rings (SSSR count). The number of carbonyl (C=O) groups is 2. The van der Waals surface area contributed by atoms with E-state index in [0.717, 1.165) is 43.5 Å². The number of amides is 2. The lowest BCUT2D eigenvalue weighted by atomic mass is 10.1. The molecule has 8 nitrogen and oxygen atoms in total. The summed E-state index contributed by atoms with van der Waals surface area (Å²) in [5, 5.41) is 17.1. The summed E-state index contributed by atoms with van der Waals surface area (Å²) >= 11 is 1.54. The van der Waals surface area contributed by atoms with Crippen molar-refractivity contribution >= 4 is 28.3 Å². The van der Waals surface area contributed by atoms with E-state index in [1.165, 1.54) is 26.7 Å². The van der Waals surface area contributed by atoms with Gasteiger partial charge in [-0.25, -0.2) is 9.59 Å². The van der Waals surface area contributed by atoms with Gasteiger partial charge in [-0.3, -0.25) is 5.32 Å². The van der Waals surface area contributed by atoms with Crippen LogP contribution in [0.25, 0.3) is 11.5 Å². The van der Waals surface area contributed by atoms with Gasteiger partial charge in [0, 0.05) is 17.3 Å². The van der Waals surface area contributed by atoms with Crippen LogP contribution in [0.1, 0.15) is 54.3 Å². The van der Waals surface area contributed by atoms with Crippen LogP contribution in [0.15, 0.2) is 4.52 Å². The standard InChI is InChI=1S/C18H20N4O4S/c23-17(24)11-4-2-8-22(11)18(25)20-16-13(10-3-1-5-12(10)27-16)15-19-14(21-26-15)9-6-7-9/h9,11H,1-8H2,(H,20,25)(H,23,24). The van der Waals surface area contributed by atoms with E-state index in [4.69, 9.17) is 4.52 Å². The SMILES string of the molecule is O=C(O)C1CCCN1C(=O)Nc1sc2c(c1-c1nc(C3CC3)no1)CCC2. The second kappa shape index (κ2) is 6.33. The third-order valence-corrected chi connectivity index (χ3v) is 6.75. The van der Waals surface area contributed by atoms with Gasteiger partial charge in [0.2, 0.25) is 0 Å². The van der Waals surface area contributed by atoms with Crippen LogP contribution in [-0.2, 0) is 17.6 Å². The largest absolute Gasteiger partial charge is 0.480 e. The Hall–Kier alpha value is -2.42. The Kier molecular flexibility index (Phi) is 3.92. The van der Waals surface area contributed by atoms with Gasteiger partial charge >= 0.3 is 12.0 Å². The number of aliphatic carboxylic acids is 1. The predicted octanol–water partition coefficient (Wildman–Crippen LogP) is 3.25. The van der Waals surface area contributed by atoms with Crippen molar-refractivity contribution in [1.82, 2.24) is 15.0 Å². The molecule has 1 saturated carbocycles. The Morgan fingerprint density at radius 3 is 2.85 bits per heavy atom. The minimum atomic E-state index is -0.956. The molecular formula is C18H20N4O4S. The first-order valence-electron chi connectivity index (χ1n) is 9.40. The van der Waals surface area contributed by atoms with Crippen LogP contribution in [0.3, 0.4) is 0 Å². The van der Waals surface area contributed by atoms with Gasteiger partial charge in [0.25, 0.3) is 5.89 Å². The number of carbonyl (C=O) groups excluding carboxylic acids is 1. The maximum atomic E-state index is 12.8. The molecule has 27 heavy (non-hydrogen) atoms. The number of nitrogens with zero attached hydrogens (tertiary/aromatic N) is 3. The lowest BCUT2D eigenvalue weighted by Crippen LogP contribution is -2.42. The molecule has 2 N–H and O–H groups in total. The Morgan fingerprint density at radius 1 is 1.22 bits per heavy atom. The van der Waals surface area contributed by atoms with Crippen molar-refractivity contribution in [3.63, 3.8) is 0 Å². The van der Waals surface area contributed by atoms with Crippen LogP contribution in [-0.4, -0.2) is 44.7 Å². The van der Waals surface area contributed by atoms with E-state index in [2.05, 4.69) is 15.5 Å². The molecule has 9 heteroatoms. The number of fused-ring (bicyclic) bond motifs is 1. The first kappa shape index (κ1) is 16.7. The van der Waals surface area contributed by atoms with Crippen molar-refractivity contribution < 1.29 is 19.2 Å². The zero-order valence-electron chi connectivity index (χ0n) is 14.7. The van der Waals surface area contributed by atoms with Gasteiger partial charge in [-0.1, -0.05) is 5.16 Å². The Balaban J connectivity index is 1.45. The number of nitrogens with one attached hydrogen (secondary N) is 1. The summed E-state index contributed by atoms with van der Waals surface area (Å²) in [5.74, 6) is 0.643. The summed E-state index contributed by atoms with van der Waals surface area (Å²) in [7, 11) is 0. The fraction of sp³-hybridized carbons (Fsp3) is 0.556. The predicted molar refractivity (Wildman–Crippen MR) is 98.0 cm³/mol. The monoisotopic (exact) mass is 388 g/mol. The molecule has 1 aliphatic heterocycles. The third-order valence-electron chi connectivity index (χ3n) is 5.54. The minimum Gasteiger partial charge on any atom is -0.480 e. The van der Waals surface area contributed by atoms with Gasteiger partial charge in [0.15, 0.2) is 5.82 Å². The van der Waals surface area contributed by atoms with Crippen LogP contribution in [0, 0.1) is 0 Å². The molecule has 2 aromatic rings. The molecule has 1 saturated heterocycles. The summed E-state index contributed by atoms with van der Waals surface area (Å²) in [5.41, 5.74) is 2.00. The highest BCUT2D eigenvalue weighted by atomic mass is 32.1. The number of carboxylic acid groups (broad SMARTS) is 1. The van der Waals surface area contributed by atoms with Gasteiger partial charge < -0.3 is 14.5 Å². The molecule has 0 aromatic carbocycles. The summed E-state index contributed by atoms with van der Waals surface area (Å²) in [6.45, 7) is 0.454. The van der Waals surface area contributed by atoms with Crippen LogP contribution in [0.5, 0.6) is 0 Å². The first-order valence-corrected chi connectivity index (χ1v) is 10.2. The topological polar surface area (TPSA) is 109 Å². The van der Waals surface area contributed by atoms with Crippen molar-refractivity contribution in [3.8, 4) is 11.5 Å². The van der Waals surface area contributed by atoms with E-state index in [1.54, 1.807) is 0 Å². The molecule has 1 unspecified atom stereocenters. The molecule has 142 valence electrons. The highest BCUT2D eigenvalue weighted by Gasteiger charge is 2.36. The number of thiophene rings is 1. The van der Waals surface area contributed by atoms with Crippen LogP contribution >= 0.6 is 11.3 Å². The lowest BCUT2D eigenvalue weighted by Gasteiger charge is -2.21. The fourth-order valence-corrected chi connectivity index (χ4v) is 5.27. The van der Waals surface area contributed by atoms with Crippen molar-refractivity contribution in [3.05, 3.63) is 16.3 Å². The van der Waals surface area contributed by atoms with E-state index in [-0.39, 0.29) is 6.03 Å². The molecule has 2 aliphatic carbocycles. The highest BCUT2D eigenvalue weighted by Crippen LogP contribution is 2.46.